The quantitative estimate of drug-likeness (QED) is 0.779. The highest BCUT2D eigenvalue weighted by Crippen LogP contribution is 2.22. The van der Waals surface area contributed by atoms with Crippen LogP contribution in [0.2, 0.25) is 0 Å². The van der Waals surface area contributed by atoms with Crippen molar-refractivity contribution in [2.24, 2.45) is 16.8 Å². The maximum absolute atomic E-state index is 4.76. The number of amidine groups is 1. The van der Waals surface area contributed by atoms with Crippen molar-refractivity contribution in [3.63, 3.8) is 0 Å². The summed E-state index contributed by atoms with van der Waals surface area (Å²) in [5, 5.41) is 4.72. The number of hydrogen-bond donors (Lipinski definition) is 1. The Morgan fingerprint density at radius 2 is 1.88 bits per heavy atom. The topological polar surface area (TPSA) is 24.4 Å². The lowest BCUT2D eigenvalue weighted by molar-refractivity contribution is 0.492. The summed E-state index contributed by atoms with van der Waals surface area (Å²) in [6.07, 6.45) is 3.76. The van der Waals surface area contributed by atoms with E-state index < -0.39 is 0 Å². The van der Waals surface area contributed by atoms with Crippen LogP contribution in [0.15, 0.2) is 4.99 Å². The second-order valence-electron chi connectivity index (χ2n) is 6.05. The summed E-state index contributed by atoms with van der Waals surface area (Å²) in [6, 6.07) is 1.10. The number of aliphatic imine (C=N–C) groups is 1. The summed E-state index contributed by atoms with van der Waals surface area (Å²) in [5.74, 6) is 2.71. The van der Waals surface area contributed by atoms with E-state index in [-0.39, 0.29) is 0 Å². The summed E-state index contributed by atoms with van der Waals surface area (Å²) < 4.78 is 0. The van der Waals surface area contributed by atoms with E-state index in [4.69, 9.17) is 4.99 Å². The van der Waals surface area contributed by atoms with E-state index in [1.165, 1.54) is 24.4 Å². The Bertz CT molecular complexity index is 249. The molecule has 0 saturated heterocycles. The van der Waals surface area contributed by atoms with Gasteiger partial charge in [-0.1, -0.05) is 39.5 Å². The molecule has 0 bridgehead atoms. The Kier molecular flexibility index (Phi) is 6.39. The highest BCUT2D eigenvalue weighted by atomic mass is 32.2. The van der Waals surface area contributed by atoms with Crippen molar-refractivity contribution in [3.05, 3.63) is 0 Å². The van der Waals surface area contributed by atoms with Crippen molar-refractivity contribution in [3.8, 4) is 0 Å². The first-order chi connectivity index (χ1) is 7.97. The van der Waals surface area contributed by atoms with Crippen LogP contribution in [0.5, 0.6) is 0 Å². The Morgan fingerprint density at radius 3 is 2.47 bits per heavy atom. The molecule has 2 nitrogen and oxygen atoms in total. The SMILES string of the molecule is CC(C)CCC(C)NC1=NC(CC(C)C)CS1. The highest BCUT2D eigenvalue weighted by Gasteiger charge is 2.20. The average Bonchev–Trinajstić information content (AvgIpc) is 2.61. The number of rotatable bonds is 6. The molecule has 0 saturated carbocycles. The number of hydrogen-bond acceptors (Lipinski definition) is 3. The van der Waals surface area contributed by atoms with Gasteiger partial charge >= 0.3 is 0 Å². The molecule has 2 unspecified atom stereocenters. The van der Waals surface area contributed by atoms with Crippen LogP contribution in [0.25, 0.3) is 0 Å². The monoisotopic (exact) mass is 256 g/mol. The third-order valence-corrected chi connectivity index (χ3v) is 4.05. The Labute approximate surface area is 111 Å². The van der Waals surface area contributed by atoms with Gasteiger partial charge in [0, 0.05) is 11.8 Å². The van der Waals surface area contributed by atoms with Gasteiger partial charge in [-0.25, -0.2) is 0 Å². The third kappa shape index (κ3) is 6.35. The molecule has 0 aromatic carbocycles. The number of nitrogens with zero attached hydrogens (tertiary/aromatic N) is 1. The number of nitrogens with one attached hydrogen (secondary N) is 1. The van der Waals surface area contributed by atoms with Gasteiger partial charge in [-0.15, -0.1) is 0 Å². The van der Waals surface area contributed by atoms with E-state index in [2.05, 4.69) is 39.9 Å². The van der Waals surface area contributed by atoms with Gasteiger partial charge in [0.2, 0.25) is 0 Å². The standard InChI is InChI=1S/C14H28N2S/c1-10(2)6-7-12(5)15-14-16-13(9-17-14)8-11(3)4/h10-13H,6-9H2,1-5H3,(H,15,16). The second kappa shape index (κ2) is 7.30. The van der Waals surface area contributed by atoms with Crippen molar-refractivity contribution >= 4 is 16.9 Å². The molecule has 1 aliphatic rings. The lowest BCUT2D eigenvalue weighted by Gasteiger charge is -2.15. The van der Waals surface area contributed by atoms with Gasteiger partial charge in [0.1, 0.15) is 0 Å². The molecular formula is C14H28N2S. The first kappa shape index (κ1) is 14.9. The molecule has 0 aliphatic carbocycles. The fourth-order valence-corrected chi connectivity index (χ4v) is 3.09. The zero-order valence-corrected chi connectivity index (χ0v) is 12.8. The molecular weight excluding hydrogens is 228 g/mol. The van der Waals surface area contributed by atoms with Crippen molar-refractivity contribution in [1.29, 1.82) is 0 Å². The molecule has 1 rings (SSSR count). The van der Waals surface area contributed by atoms with Crippen molar-refractivity contribution < 1.29 is 0 Å². The lowest BCUT2D eigenvalue weighted by atomic mass is 10.0. The fraction of sp³-hybridized carbons (Fsp3) is 0.929. The summed E-state index contributed by atoms with van der Waals surface area (Å²) in [6.45, 7) is 11.4. The van der Waals surface area contributed by atoms with Crippen LogP contribution in [0.1, 0.15) is 53.9 Å². The van der Waals surface area contributed by atoms with Gasteiger partial charge in [-0.05, 0) is 38.0 Å². The average molecular weight is 256 g/mol. The minimum Gasteiger partial charge on any atom is -0.362 e. The van der Waals surface area contributed by atoms with Crippen LogP contribution >= 0.6 is 11.8 Å². The second-order valence-corrected chi connectivity index (χ2v) is 7.05. The van der Waals surface area contributed by atoms with E-state index in [1.54, 1.807) is 0 Å². The van der Waals surface area contributed by atoms with Gasteiger partial charge in [-0.2, -0.15) is 0 Å². The predicted molar refractivity (Wildman–Crippen MR) is 79.8 cm³/mol. The molecule has 1 heterocycles. The van der Waals surface area contributed by atoms with Crippen LogP contribution in [-0.4, -0.2) is 23.0 Å². The first-order valence-electron chi connectivity index (χ1n) is 6.94. The Balaban J connectivity index is 2.27. The molecule has 0 aromatic rings. The largest absolute Gasteiger partial charge is 0.362 e. The summed E-state index contributed by atoms with van der Waals surface area (Å²) in [4.78, 5) is 4.76. The minimum absolute atomic E-state index is 0.541. The molecule has 1 N–H and O–H groups in total. The maximum Gasteiger partial charge on any atom is 0.157 e. The van der Waals surface area contributed by atoms with Crippen molar-refractivity contribution in [2.45, 2.75) is 66.0 Å². The van der Waals surface area contributed by atoms with E-state index in [0.29, 0.717) is 12.1 Å². The highest BCUT2D eigenvalue weighted by molar-refractivity contribution is 8.14. The molecule has 17 heavy (non-hydrogen) atoms. The summed E-state index contributed by atoms with van der Waals surface area (Å²) in [5.41, 5.74) is 0. The van der Waals surface area contributed by atoms with Crippen LogP contribution in [0.3, 0.4) is 0 Å². The fourth-order valence-electron chi connectivity index (χ4n) is 2.03. The summed E-state index contributed by atoms with van der Waals surface area (Å²) >= 11 is 1.89. The Hall–Kier alpha value is -0.180. The molecule has 0 radical (unpaired) electrons. The first-order valence-corrected chi connectivity index (χ1v) is 7.93. The summed E-state index contributed by atoms with van der Waals surface area (Å²) in [7, 11) is 0. The lowest BCUT2D eigenvalue weighted by Crippen LogP contribution is -2.30. The molecule has 100 valence electrons. The van der Waals surface area contributed by atoms with Gasteiger partial charge in [-0.3, -0.25) is 4.99 Å². The van der Waals surface area contributed by atoms with Crippen LogP contribution in [0, 0.1) is 11.8 Å². The zero-order valence-electron chi connectivity index (χ0n) is 12.0. The van der Waals surface area contributed by atoms with Crippen LogP contribution in [-0.2, 0) is 0 Å². The van der Waals surface area contributed by atoms with Gasteiger partial charge in [0.25, 0.3) is 0 Å². The predicted octanol–water partition coefficient (Wildman–Crippen LogP) is 3.92. The number of thioether (sulfide) groups is 1. The van der Waals surface area contributed by atoms with Crippen molar-refractivity contribution in [1.82, 2.24) is 5.32 Å². The normalized spacial score (nSPS) is 22.1. The molecule has 0 fully saturated rings. The maximum atomic E-state index is 4.76. The van der Waals surface area contributed by atoms with Gasteiger partial charge in [0.15, 0.2) is 5.17 Å². The molecule has 3 heteroatoms. The van der Waals surface area contributed by atoms with E-state index >= 15 is 0 Å². The minimum atomic E-state index is 0.541. The van der Waals surface area contributed by atoms with E-state index in [1.807, 2.05) is 11.8 Å². The van der Waals surface area contributed by atoms with E-state index in [9.17, 15) is 0 Å². The van der Waals surface area contributed by atoms with Crippen LogP contribution in [0.4, 0.5) is 0 Å². The molecule has 0 aromatic heterocycles. The smallest absolute Gasteiger partial charge is 0.157 e. The van der Waals surface area contributed by atoms with Gasteiger partial charge in [0.05, 0.1) is 6.04 Å². The van der Waals surface area contributed by atoms with Crippen LogP contribution < -0.4 is 5.32 Å². The van der Waals surface area contributed by atoms with Gasteiger partial charge < -0.3 is 5.32 Å². The Morgan fingerprint density at radius 1 is 1.18 bits per heavy atom. The molecule has 2 atom stereocenters. The molecule has 0 spiro atoms. The van der Waals surface area contributed by atoms with E-state index in [0.717, 1.165) is 17.6 Å². The molecule has 1 aliphatic heterocycles. The molecule has 0 amide bonds. The van der Waals surface area contributed by atoms with Crippen molar-refractivity contribution in [2.75, 3.05) is 5.75 Å². The third-order valence-electron chi connectivity index (χ3n) is 3.00. The zero-order chi connectivity index (χ0) is 12.8.